The number of hydrogen-bond acceptors (Lipinski definition) is 5. The first-order valence-corrected chi connectivity index (χ1v) is 8.78. The topological polar surface area (TPSA) is 70.9 Å². The molecule has 1 aliphatic rings. The first kappa shape index (κ1) is 18.8. The van der Waals surface area contributed by atoms with Crippen LogP contribution in [0.5, 0.6) is 5.75 Å². The lowest BCUT2D eigenvalue weighted by atomic mass is 10.2. The second-order valence-corrected chi connectivity index (χ2v) is 6.38. The summed E-state index contributed by atoms with van der Waals surface area (Å²) < 4.78 is 19.2. The molecule has 1 fully saturated rings. The SMILES string of the molecule is COc1cc([N+](=O)[O-])ccc1NC(=S)N1CCN(c2ccccc2F)CC1. The van der Waals surface area contributed by atoms with Crippen LogP contribution in [0, 0.1) is 15.9 Å². The monoisotopic (exact) mass is 390 g/mol. The number of anilines is 2. The molecule has 0 radical (unpaired) electrons. The van der Waals surface area contributed by atoms with Gasteiger partial charge in [0.25, 0.3) is 5.69 Å². The minimum atomic E-state index is -0.480. The molecule has 1 saturated heterocycles. The Hall–Kier alpha value is -2.94. The zero-order valence-electron chi connectivity index (χ0n) is 14.7. The van der Waals surface area contributed by atoms with E-state index in [4.69, 9.17) is 17.0 Å². The van der Waals surface area contributed by atoms with Gasteiger partial charge in [0, 0.05) is 32.2 Å². The first-order valence-electron chi connectivity index (χ1n) is 8.37. The number of halogens is 1. The van der Waals surface area contributed by atoms with E-state index in [2.05, 4.69) is 5.32 Å². The third kappa shape index (κ3) is 4.25. The van der Waals surface area contributed by atoms with Gasteiger partial charge >= 0.3 is 0 Å². The highest BCUT2D eigenvalue weighted by Gasteiger charge is 2.22. The summed E-state index contributed by atoms with van der Waals surface area (Å²) in [5, 5.41) is 14.5. The number of nitrogens with one attached hydrogen (secondary N) is 1. The average molecular weight is 390 g/mol. The molecule has 1 aliphatic heterocycles. The molecule has 0 aliphatic carbocycles. The lowest BCUT2D eigenvalue weighted by molar-refractivity contribution is -0.384. The fourth-order valence-electron chi connectivity index (χ4n) is 2.95. The zero-order chi connectivity index (χ0) is 19.4. The van der Waals surface area contributed by atoms with Gasteiger partial charge in [-0.05, 0) is 30.4 Å². The molecule has 1 N–H and O–H groups in total. The van der Waals surface area contributed by atoms with Crippen LogP contribution in [0.2, 0.25) is 0 Å². The van der Waals surface area contributed by atoms with Gasteiger partial charge in [0.05, 0.1) is 29.5 Å². The van der Waals surface area contributed by atoms with Crippen LogP contribution in [0.4, 0.5) is 21.5 Å². The van der Waals surface area contributed by atoms with Crippen LogP contribution in [0.25, 0.3) is 0 Å². The Kier molecular flexibility index (Phi) is 5.70. The van der Waals surface area contributed by atoms with Gasteiger partial charge in [0.1, 0.15) is 11.6 Å². The van der Waals surface area contributed by atoms with E-state index in [1.807, 2.05) is 15.9 Å². The van der Waals surface area contributed by atoms with Crippen molar-refractivity contribution in [2.24, 2.45) is 0 Å². The quantitative estimate of drug-likeness (QED) is 0.488. The van der Waals surface area contributed by atoms with Crippen LogP contribution in [0.15, 0.2) is 42.5 Å². The van der Waals surface area contributed by atoms with Crippen LogP contribution in [-0.2, 0) is 0 Å². The second kappa shape index (κ2) is 8.17. The number of benzene rings is 2. The van der Waals surface area contributed by atoms with Crippen molar-refractivity contribution in [3.8, 4) is 5.75 Å². The zero-order valence-corrected chi connectivity index (χ0v) is 15.5. The molecule has 0 aromatic heterocycles. The van der Waals surface area contributed by atoms with Gasteiger partial charge in [-0.3, -0.25) is 10.1 Å². The molecule has 3 rings (SSSR count). The lowest BCUT2D eigenvalue weighted by Crippen LogP contribution is -2.50. The molecule has 0 amide bonds. The van der Waals surface area contributed by atoms with E-state index in [-0.39, 0.29) is 11.5 Å². The molecular weight excluding hydrogens is 371 g/mol. The third-order valence-electron chi connectivity index (χ3n) is 4.40. The summed E-state index contributed by atoms with van der Waals surface area (Å²) in [7, 11) is 1.44. The summed E-state index contributed by atoms with van der Waals surface area (Å²) in [6.45, 7) is 2.55. The van der Waals surface area contributed by atoms with Crippen molar-refractivity contribution < 1.29 is 14.1 Å². The highest BCUT2D eigenvalue weighted by atomic mass is 32.1. The molecule has 0 atom stereocenters. The smallest absolute Gasteiger partial charge is 0.273 e. The number of thiocarbonyl (C=S) groups is 1. The third-order valence-corrected chi connectivity index (χ3v) is 4.76. The van der Waals surface area contributed by atoms with Gasteiger partial charge in [-0.1, -0.05) is 12.1 Å². The fourth-order valence-corrected chi connectivity index (χ4v) is 3.24. The number of methoxy groups -OCH3 is 1. The molecule has 2 aromatic carbocycles. The summed E-state index contributed by atoms with van der Waals surface area (Å²) in [4.78, 5) is 14.4. The summed E-state index contributed by atoms with van der Waals surface area (Å²) in [6, 6.07) is 11.0. The average Bonchev–Trinajstić information content (AvgIpc) is 2.68. The number of para-hydroxylation sites is 1. The number of nitro groups is 1. The maximum Gasteiger partial charge on any atom is 0.273 e. The van der Waals surface area contributed by atoms with E-state index in [0.29, 0.717) is 48.4 Å². The van der Waals surface area contributed by atoms with Crippen LogP contribution in [-0.4, -0.2) is 48.2 Å². The predicted octanol–water partition coefficient (Wildman–Crippen LogP) is 3.26. The van der Waals surface area contributed by atoms with E-state index >= 15 is 0 Å². The number of nitro benzene ring substituents is 1. The van der Waals surface area contributed by atoms with Crippen molar-refractivity contribution in [2.45, 2.75) is 0 Å². The largest absolute Gasteiger partial charge is 0.494 e. The van der Waals surface area contributed by atoms with Gasteiger partial charge in [-0.25, -0.2) is 4.39 Å². The van der Waals surface area contributed by atoms with Crippen molar-refractivity contribution in [2.75, 3.05) is 43.5 Å². The molecule has 9 heteroatoms. The Morgan fingerprint density at radius 2 is 1.93 bits per heavy atom. The van der Waals surface area contributed by atoms with Crippen molar-refractivity contribution in [3.63, 3.8) is 0 Å². The molecule has 0 unspecified atom stereocenters. The molecule has 27 heavy (non-hydrogen) atoms. The maximum atomic E-state index is 13.9. The van der Waals surface area contributed by atoms with Crippen molar-refractivity contribution in [1.82, 2.24) is 4.90 Å². The Bertz CT molecular complexity index is 856. The normalized spacial score (nSPS) is 14.0. The molecule has 7 nitrogen and oxygen atoms in total. The van der Waals surface area contributed by atoms with Gasteiger partial charge < -0.3 is 19.9 Å². The van der Waals surface area contributed by atoms with Crippen LogP contribution in [0.3, 0.4) is 0 Å². The van der Waals surface area contributed by atoms with Crippen molar-refractivity contribution >= 4 is 34.4 Å². The molecule has 0 bridgehead atoms. The first-order chi connectivity index (χ1) is 13.0. The number of nitrogens with zero attached hydrogens (tertiary/aromatic N) is 3. The number of ether oxygens (including phenoxy) is 1. The van der Waals surface area contributed by atoms with Crippen LogP contribution < -0.4 is 15.0 Å². The highest BCUT2D eigenvalue weighted by Crippen LogP contribution is 2.29. The Morgan fingerprint density at radius 3 is 2.56 bits per heavy atom. The summed E-state index contributed by atoms with van der Waals surface area (Å²) in [6.07, 6.45) is 0. The predicted molar refractivity (Wildman–Crippen MR) is 106 cm³/mol. The van der Waals surface area contributed by atoms with Gasteiger partial charge in [-0.15, -0.1) is 0 Å². The fraction of sp³-hybridized carbons (Fsp3) is 0.278. The van der Waals surface area contributed by atoms with Crippen LogP contribution >= 0.6 is 12.2 Å². The Balaban J connectivity index is 1.63. The van der Waals surface area contributed by atoms with Crippen molar-refractivity contribution in [1.29, 1.82) is 0 Å². The molecule has 1 heterocycles. The molecular formula is C18H19FN4O3S. The Labute approximate surface area is 161 Å². The number of piperazine rings is 1. The van der Waals surface area contributed by atoms with Gasteiger partial charge in [0.15, 0.2) is 5.11 Å². The minimum absolute atomic E-state index is 0.0539. The highest BCUT2D eigenvalue weighted by molar-refractivity contribution is 7.80. The minimum Gasteiger partial charge on any atom is -0.494 e. The standard InChI is InChI=1S/C18H19FN4O3S/c1-26-17-12-13(23(24)25)6-7-15(17)20-18(27)22-10-8-21(9-11-22)16-5-3-2-4-14(16)19/h2-7,12H,8-11H2,1H3,(H,20,27). The van der Waals surface area contributed by atoms with E-state index in [0.717, 1.165) is 0 Å². The van der Waals surface area contributed by atoms with E-state index in [1.54, 1.807) is 18.2 Å². The van der Waals surface area contributed by atoms with E-state index in [9.17, 15) is 14.5 Å². The van der Waals surface area contributed by atoms with E-state index in [1.165, 1.54) is 25.3 Å². The van der Waals surface area contributed by atoms with Crippen molar-refractivity contribution in [3.05, 3.63) is 58.4 Å². The second-order valence-electron chi connectivity index (χ2n) is 6.00. The lowest BCUT2D eigenvalue weighted by Gasteiger charge is -2.37. The van der Waals surface area contributed by atoms with Gasteiger partial charge in [0.2, 0.25) is 0 Å². The summed E-state index contributed by atoms with van der Waals surface area (Å²) in [5.41, 5.74) is 1.10. The molecule has 142 valence electrons. The van der Waals surface area contributed by atoms with Crippen LogP contribution in [0.1, 0.15) is 0 Å². The Morgan fingerprint density at radius 1 is 1.22 bits per heavy atom. The number of rotatable bonds is 4. The maximum absolute atomic E-state index is 13.9. The number of hydrogen-bond donors (Lipinski definition) is 1. The summed E-state index contributed by atoms with van der Waals surface area (Å²) >= 11 is 5.46. The molecule has 0 spiro atoms. The van der Waals surface area contributed by atoms with Gasteiger partial charge in [-0.2, -0.15) is 0 Å². The summed E-state index contributed by atoms with van der Waals surface area (Å²) in [5.74, 6) is 0.110. The number of non-ortho nitro benzene ring substituents is 1. The molecule has 0 saturated carbocycles. The van der Waals surface area contributed by atoms with E-state index < -0.39 is 4.92 Å². The molecule has 2 aromatic rings.